The van der Waals surface area contributed by atoms with Crippen LogP contribution in [0.5, 0.6) is 0 Å². The molecule has 2 unspecified atom stereocenters. The smallest absolute Gasteiger partial charge is 0.257 e. The second-order valence-corrected chi connectivity index (χ2v) is 5.90. The molecule has 92 valence electrons. The molecule has 1 aliphatic heterocycles. The Morgan fingerprint density at radius 3 is 2.44 bits per heavy atom. The van der Waals surface area contributed by atoms with Crippen LogP contribution in [0.4, 0.5) is 8.78 Å². The summed E-state index contributed by atoms with van der Waals surface area (Å²) in [5.74, 6) is -2.30. The minimum Gasteiger partial charge on any atom is -0.317 e. The molecule has 1 saturated heterocycles. The molecule has 0 radical (unpaired) electrons. The summed E-state index contributed by atoms with van der Waals surface area (Å²) in [5.41, 5.74) is -0.606. The van der Waals surface area contributed by atoms with E-state index in [4.69, 9.17) is 0 Å². The molecule has 3 rings (SSSR count). The van der Waals surface area contributed by atoms with E-state index in [0.29, 0.717) is 12.3 Å². The predicted molar refractivity (Wildman–Crippen MR) is 59.5 cm³/mol. The Kier molecular flexibility index (Phi) is 2.50. The van der Waals surface area contributed by atoms with E-state index in [1.807, 2.05) is 0 Å². The van der Waals surface area contributed by atoms with Gasteiger partial charge in [0.2, 0.25) is 0 Å². The van der Waals surface area contributed by atoms with E-state index in [9.17, 15) is 8.78 Å². The van der Waals surface area contributed by atoms with Crippen LogP contribution in [0.15, 0.2) is 0 Å². The maximum atomic E-state index is 14.1. The Labute approximate surface area is 96.0 Å². The lowest BCUT2D eigenvalue weighted by Gasteiger charge is -2.14. The van der Waals surface area contributed by atoms with Gasteiger partial charge in [0.1, 0.15) is 0 Å². The molecule has 16 heavy (non-hydrogen) atoms. The highest BCUT2D eigenvalue weighted by molar-refractivity contribution is 5.20. The largest absolute Gasteiger partial charge is 0.317 e. The van der Waals surface area contributed by atoms with Crippen molar-refractivity contribution in [1.82, 2.24) is 5.32 Å². The Morgan fingerprint density at radius 2 is 1.69 bits per heavy atom. The Hall–Kier alpha value is -0.180. The van der Waals surface area contributed by atoms with Crippen LogP contribution in [-0.4, -0.2) is 19.0 Å². The van der Waals surface area contributed by atoms with Gasteiger partial charge < -0.3 is 5.32 Å². The first-order chi connectivity index (χ1) is 7.68. The molecular formula is C13H21F2N. The second-order valence-electron chi connectivity index (χ2n) is 5.90. The fourth-order valence-corrected chi connectivity index (χ4v) is 4.31. The highest BCUT2D eigenvalue weighted by atomic mass is 19.3. The Balaban J connectivity index is 1.78. The van der Waals surface area contributed by atoms with Gasteiger partial charge in [0.05, 0.1) is 0 Å². The summed E-state index contributed by atoms with van der Waals surface area (Å²) in [6.45, 7) is 1.72. The van der Waals surface area contributed by atoms with Crippen molar-refractivity contribution in [2.75, 3.05) is 13.1 Å². The first-order valence-electron chi connectivity index (χ1n) is 6.77. The third-order valence-corrected chi connectivity index (χ3v) is 5.16. The number of rotatable bonds is 1. The van der Waals surface area contributed by atoms with Gasteiger partial charge in [-0.05, 0) is 51.1 Å². The molecule has 3 fully saturated rings. The number of hydrogen-bond acceptors (Lipinski definition) is 1. The lowest BCUT2D eigenvalue weighted by Crippen LogP contribution is -2.16. The molecule has 0 aromatic heterocycles. The van der Waals surface area contributed by atoms with Gasteiger partial charge in [0.25, 0.3) is 5.92 Å². The van der Waals surface area contributed by atoms with Gasteiger partial charge >= 0.3 is 0 Å². The Bertz CT molecular complexity index is 263. The van der Waals surface area contributed by atoms with Crippen molar-refractivity contribution in [3.8, 4) is 0 Å². The summed E-state index contributed by atoms with van der Waals surface area (Å²) in [6.07, 6.45) is 6.82. The number of halogens is 2. The van der Waals surface area contributed by atoms with Crippen LogP contribution >= 0.6 is 0 Å². The first-order valence-corrected chi connectivity index (χ1v) is 6.77. The zero-order chi connectivity index (χ0) is 11.2. The van der Waals surface area contributed by atoms with Gasteiger partial charge in [0.15, 0.2) is 0 Å². The normalized spacial score (nSPS) is 43.5. The summed E-state index contributed by atoms with van der Waals surface area (Å²) in [4.78, 5) is 0. The van der Waals surface area contributed by atoms with Crippen LogP contribution in [-0.2, 0) is 0 Å². The van der Waals surface area contributed by atoms with Crippen molar-refractivity contribution in [2.45, 2.75) is 50.9 Å². The van der Waals surface area contributed by atoms with Gasteiger partial charge in [-0.2, -0.15) is 0 Å². The van der Waals surface area contributed by atoms with Gasteiger partial charge in [-0.1, -0.05) is 12.8 Å². The van der Waals surface area contributed by atoms with Crippen LogP contribution in [0, 0.1) is 17.3 Å². The molecule has 0 aromatic carbocycles. The second kappa shape index (κ2) is 3.66. The fraction of sp³-hybridized carbons (Fsp3) is 1.00. The molecule has 1 spiro atoms. The van der Waals surface area contributed by atoms with Crippen LogP contribution in [0.2, 0.25) is 0 Å². The van der Waals surface area contributed by atoms with E-state index in [2.05, 4.69) is 5.32 Å². The monoisotopic (exact) mass is 229 g/mol. The van der Waals surface area contributed by atoms with Crippen LogP contribution in [0.25, 0.3) is 0 Å². The first kappa shape index (κ1) is 10.9. The molecule has 1 N–H and O–H groups in total. The van der Waals surface area contributed by atoms with Crippen molar-refractivity contribution in [2.24, 2.45) is 17.3 Å². The molecule has 0 amide bonds. The summed E-state index contributed by atoms with van der Waals surface area (Å²) in [7, 11) is 0. The third-order valence-electron chi connectivity index (χ3n) is 5.16. The van der Waals surface area contributed by atoms with Crippen molar-refractivity contribution in [3.63, 3.8) is 0 Å². The molecule has 2 atom stereocenters. The maximum absolute atomic E-state index is 14.1. The van der Waals surface area contributed by atoms with Crippen LogP contribution in [0.3, 0.4) is 0 Å². The number of alkyl halides is 2. The standard InChI is InChI=1S/C13H21F2N/c14-13(15)11(10-4-1-2-5-10)12(13)6-3-8-16-9-7-12/h10-11,16H,1-9H2. The summed E-state index contributed by atoms with van der Waals surface area (Å²) in [5, 5.41) is 3.26. The van der Waals surface area contributed by atoms with E-state index in [-0.39, 0.29) is 5.92 Å². The van der Waals surface area contributed by atoms with Crippen molar-refractivity contribution < 1.29 is 8.78 Å². The minimum absolute atomic E-state index is 0.276. The van der Waals surface area contributed by atoms with Crippen LogP contribution in [0.1, 0.15) is 44.9 Å². The molecular weight excluding hydrogens is 208 g/mol. The number of hydrogen-bond donors (Lipinski definition) is 1. The summed E-state index contributed by atoms with van der Waals surface area (Å²) < 4.78 is 28.3. The Morgan fingerprint density at radius 1 is 0.938 bits per heavy atom. The van der Waals surface area contributed by atoms with Gasteiger partial charge in [-0.3, -0.25) is 0 Å². The zero-order valence-corrected chi connectivity index (χ0v) is 9.77. The highest BCUT2D eigenvalue weighted by Gasteiger charge is 2.80. The molecule has 1 heterocycles. The van der Waals surface area contributed by atoms with E-state index in [1.165, 1.54) is 12.8 Å². The van der Waals surface area contributed by atoms with Crippen LogP contribution < -0.4 is 5.32 Å². The van der Waals surface area contributed by atoms with E-state index >= 15 is 0 Å². The zero-order valence-electron chi connectivity index (χ0n) is 9.77. The summed E-state index contributed by atoms with van der Waals surface area (Å²) >= 11 is 0. The number of nitrogens with one attached hydrogen (secondary N) is 1. The molecule has 0 bridgehead atoms. The minimum atomic E-state index is -2.35. The fourth-order valence-electron chi connectivity index (χ4n) is 4.31. The molecule has 0 aromatic rings. The predicted octanol–water partition coefficient (Wildman–Crippen LogP) is 3.20. The van der Waals surface area contributed by atoms with Gasteiger partial charge in [0, 0.05) is 11.3 Å². The van der Waals surface area contributed by atoms with Crippen molar-refractivity contribution >= 4 is 0 Å². The molecule has 3 heteroatoms. The topological polar surface area (TPSA) is 12.0 Å². The quantitative estimate of drug-likeness (QED) is 0.728. The van der Waals surface area contributed by atoms with Gasteiger partial charge in [-0.25, -0.2) is 8.78 Å². The molecule has 3 aliphatic rings. The average Bonchev–Trinajstić information content (AvgIpc) is 2.56. The maximum Gasteiger partial charge on any atom is 0.257 e. The van der Waals surface area contributed by atoms with E-state index < -0.39 is 11.3 Å². The summed E-state index contributed by atoms with van der Waals surface area (Å²) in [6, 6.07) is 0. The SMILES string of the molecule is FC1(F)C(C2CCCC2)C12CCCNCC2. The average molecular weight is 229 g/mol. The lowest BCUT2D eigenvalue weighted by atomic mass is 9.88. The highest BCUT2D eigenvalue weighted by Crippen LogP contribution is 2.74. The molecule has 2 aliphatic carbocycles. The van der Waals surface area contributed by atoms with E-state index in [1.54, 1.807) is 0 Å². The lowest BCUT2D eigenvalue weighted by molar-refractivity contribution is 0.0485. The molecule has 1 nitrogen and oxygen atoms in total. The van der Waals surface area contributed by atoms with Gasteiger partial charge in [-0.15, -0.1) is 0 Å². The van der Waals surface area contributed by atoms with Crippen molar-refractivity contribution in [3.05, 3.63) is 0 Å². The molecule has 2 saturated carbocycles. The van der Waals surface area contributed by atoms with E-state index in [0.717, 1.165) is 38.8 Å². The third kappa shape index (κ3) is 1.36. The van der Waals surface area contributed by atoms with Crippen molar-refractivity contribution in [1.29, 1.82) is 0 Å².